The van der Waals surface area contributed by atoms with Crippen molar-refractivity contribution in [2.45, 2.75) is 181 Å². The van der Waals surface area contributed by atoms with Crippen LogP contribution in [0.3, 0.4) is 0 Å². The molecule has 2 aliphatic rings. The predicted molar refractivity (Wildman–Crippen MR) is 192 cm³/mol. The van der Waals surface area contributed by atoms with Crippen molar-refractivity contribution in [1.29, 1.82) is 0 Å². The second kappa shape index (κ2) is 32.0. The Morgan fingerprint density at radius 2 is 0.811 bits per heavy atom. The van der Waals surface area contributed by atoms with Gasteiger partial charge in [-0.3, -0.25) is 9.59 Å². The lowest BCUT2D eigenvalue weighted by atomic mass is 9.95. The molecular weight excluding hydrogens is 797 g/mol. The highest BCUT2D eigenvalue weighted by atomic mass is 128. The van der Waals surface area contributed by atoms with Gasteiger partial charge in [-0.2, -0.15) is 0 Å². The van der Waals surface area contributed by atoms with Crippen molar-refractivity contribution in [2.75, 3.05) is 0 Å². The topological polar surface area (TPSA) is 34.1 Å². The van der Waals surface area contributed by atoms with Gasteiger partial charge in [-0.1, -0.05) is 142 Å². The predicted octanol–water partition coefficient (Wildman–Crippen LogP) is 12.9. The molecule has 2 atom stereocenters. The number of rotatable bonds is 0. The molecule has 2 saturated carbocycles. The minimum Gasteiger partial charge on any atom is -0.300 e. The summed E-state index contributed by atoms with van der Waals surface area (Å²) in [5.41, 5.74) is 0. The van der Waals surface area contributed by atoms with Crippen LogP contribution in [0.1, 0.15) is 181 Å². The largest absolute Gasteiger partial charge is 0.300 e. The lowest BCUT2D eigenvalue weighted by Crippen LogP contribution is -2.10. The van der Waals surface area contributed by atoms with E-state index in [4.69, 9.17) is 0 Å². The Labute approximate surface area is 272 Å². The number of halogens is 3. The van der Waals surface area contributed by atoms with Crippen molar-refractivity contribution in [1.82, 2.24) is 0 Å². The molecule has 37 heavy (non-hydrogen) atoms. The first-order valence-electron chi connectivity index (χ1n) is 15.8. The van der Waals surface area contributed by atoms with E-state index in [2.05, 4.69) is 51.1 Å². The maximum atomic E-state index is 11.9. The third kappa shape index (κ3) is 28.8. The molecule has 2 aliphatic carbocycles. The summed E-state index contributed by atoms with van der Waals surface area (Å²) in [5.74, 6) is 1.96. The molecule has 5 heteroatoms. The Morgan fingerprint density at radius 3 is 1.24 bits per heavy atom. The molecule has 0 aromatic carbocycles. The number of carbonyl (C=O) groups excluding carboxylic acids is 2. The first kappa shape index (κ1) is 40.7. The van der Waals surface area contributed by atoms with Crippen molar-refractivity contribution in [3.8, 4) is 0 Å². The number of hydrogen-bond acceptors (Lipinski definition) is 2. The SMILES string of the molecule is CC1CCCCCCCCCCCCC(=O)C1.CC1CCCCCCCCCCCCCC1=O.I.II. The van der Waals surface area contributed by atoms with E-state index in [1.165, 1.54) is 128 Å². The molecule has 0 heterocycles. The Kier molecular flexibility index (Phi) is 35.2. The van der Waals surface area contributed by atoms with Crippen molar-refractivity contribution in [3.05, 3.63) is 0 Å². The number of ketones is 2. The van der Waals surface area contributed by atoms with Crippen LogP contribution in [-0.2, 0) is 9.59 Å². The van der Waals surface area contributed by atoms with Gasteiger partial charge in [0, 0.05) is 62.4 Å². The van der Waals surface area contributed by atoms with E-state index in [1.807, 2.05) is 0 Å². The van der Waals surface area contributed by atoms with Gasteiger partial charge < -0.3 is 0 Å². The normalized spacial score (nSPS) is 25.1. The van der Waals surface area contributed by atoms with E-state index < -0.39 is 0 Å². The molecule has 2 fully saturated rings. The molecule has 0 saturated heterocycles. The Bertz CT molecular complexity index is 498. The highest BCUT2D eigenvalue weighted by Crippen LogP contribution is 2.19. The molecule has 0 aromatic rings. The van der Waals surface area contributed by atoms with Crippen LogP contribution in [0.15, 0.2) is 0 Å². The van der Waals surface area contributed by atoms with Crippen LogP contribution in [0.5, 0.6) is 0 Å². The maximum Gasteiger partial charge on any atom is 0.135 e. The standard InChI is InChI=1S/2C16H30O.I2.HI/c1-15-12-10-8-6-4-2-3-5-7-9-11-13-16(17)14-15;1-15-13-11-9-7-5-3-2-4-6-8-10-12-14-16(15)17;1-2;/h2*15H,2-14H2,1H3;;1H. The third-order valence-corrected chi connectivity index (χ3v) is 8.09. The quantitative estimate of drug-likeness (QED) is 0.228. The highest BCUT2D eigenvalue weighted by Gasteiger charge is 2.12. The Balaban J connectivity index is 0. The lowest BCUT2D eigenvalue weighted by molar-refractivity contribution is -0.122. The van der Waals surface area contributed by atoms with E-state index >= 15 is 0 Å². The van der Waals surface area contributed by atoms with E-state index in [9.17, 15) is 9.59 Å². The van der Waals surface area contributed by atoms with Gasteiger partial charge in [0.1, 0.15) is 11.6 Å². The summed E-state index contributed by atoms with van der Waals surface area (Å²) in [6, 6.07) is 0. The molecule has 0 aliphatic heterocycles. The monoisotopic (exact) mass is 858 g/mol. The number of carbonyl (C=O) groups is 2. The van der Waals surface area contributed by atoms with Crippen molar-refractivity contribution in [2.24, 2.45) is 11.8 Å². The summed E-state index contributed by atoms with van der Waals surface area (Å²) < 4.78 is 0. The van der Waals surface area contributed by atoms with Crippen LogP contribution >= 0.6 is 61.2 Å². The second-order valence-electron chi connectivity index (χ2n) is 11.7. The highest BCUT2D eigenvalue weighted by molar-refractivity contribution is 15.0. The van der Waals surface area contributed by atoms with Crippen molar-refractivity contribution in [3.63, 3.8) is 0 Å². The van der Waals surface area contributed by atoms with Gasteiger partial charge in [-0.15, -0.1) is 24.0 Å². The minimum atomic E-state index is 0. The van der Waals surface area contributed by atoms with E-state index in [0.29, 0.717) is 23.4 Å². The summed E-state index contributed by atoms with van der Waals surface area (Å²) in [5, 5.41) is 0. The van der Waals surface area contributed by atoms with Crippen LogP contribution in [0.4, 0.5) is 0 Å². The molecule has 0 radical (unpaired) electrons. The molecule has 0 N–H and O–H groups in total. The maximum absolute atomic E-state index is 11.9. The van der Waals surface area contributed by atoms with Crippen molar-refractivity contribution >= 4 is 72.8 Å². The second-order valence-corrected chi connectivity index (χ2v) is 11.7. The van der Waals surface area contributed by atoms with Gasteiger partial charge in [0.2, 0.25) is 0 Å². The summed E-state index contributed by atoms with van der Waals surface area (Å²) in [4.78, 5) is 23.6. The fourth-order valence-corrected chi connectivity index (χ4v) is 5.57. The van der Waals surface area contributed by atoms with E-state index in [1.54, 1.807) is 0 Å². The average molecular weight is 859 g/mol. The smallest absolute Gasteiger partial charge is 0.135 e. The van der Waals surface area contributed by atoms with Gasteiger partial charge in [0.25, 0.3) is 0 Å². The van der Waals surface area contributed by atoms with Gasteiger partial charge in [0.15, 0.2) is 0 Å². The lowest BCUT2D eigenvalue weighted by Gasteiger charge is -2.10. The van der Waals surface area contributed by atoms with Gasteiger partial charge >= 0.3 is 0 Å². The Morgan fingerprint density at radius 1 is 0.486 bits per heavy atom. The molecule has 2 unspecified atom stereocenters. The Hall–Kier alpha value is 1.53. The van der Waals surface area contributed by atoms with Crippen LogP contribution in [0.2, 0.25) is 0 Å². The fraction of sp³-hybridized carbons (Fsp3) is 0.938. The molecule has 0 bridgehead atoms. The zero-order valence-electron chi connectivity index (χ0n) is 24.5. The van der Waals surface area contributed by atoms with Gasteiger partial charge in [-0.25, -0.2) is 0 Å². The number of hydrogen-bond donors (Lipinski definition) is 0. The average Bonchev–Trinajstić information content (AvgIpc) is 2.89. The molecule has 0 amide bonds. The summed E-state index contributed by atoms with van der Waals surface area (Å²) in [6.45, 7) is 4.37. The third-order valence-electron chi connectivity index (χ3n) is 8.09. The first-order valence-corrected chi connectivity index (χ1v) is 22.1. The summed E-state index contributed by atoms with van der Waals surface area (Å²) >= 11 is 4.24. The van der Waals surface area contributed by atoms with Crippen LogP contribution in [0, 0.1) is 11.8 Å². The molecule has 0 aromatic heterocycles. The van der Waals surface area contributed by atoms with Gasteiger partial charge in [-0.05, 0) is 25.2 Å². The number of Topliss-reactive ketones (excluding diaryl/α,β-unsaturated/α-hetero) is 2. The van der Waals surface area contributed by atoms with Crippen molar-refractivity contribution < 1.29 is 9.59 Å². The minimum absolute atomic E-state index is 0. The van der Waals surface area contributed by atoms with Crippen LogP contribution < -0.4 is 0 Å². The molecular formula is C32H61I3O2. The molecule has 0 spiro atoms. The zero-order chi connectivity index (χ0) is 26.7. The fourth-order valence-electron chi connectivity index (χ4n) is 5.57. The summed E-state index contributed by atoms with van der Waals surface area (Å²) in [6.07, 6.45) is 33.1. The summed E-state index contributed by atoms with van der Waals surface area (Å²) in [7, 11) is 0. The van der Waals surface area contributed by atoms with E-state index in [0.717, 1.165) is 38.5 Å². The van der Waals surface area contributed by atoms with E-state index in [-0.39, 0.29) is 24.0 Å². The zero-order valence-corrected chi connectivity index (χ0v) is 31.2. The molecule has 2 nitrogen and oxygen atoms in total. The van der Waals surface area contributed by atoms with Crippen LogP contribution in [0.25, 0.3) is 0 Å². The first-order chi connectivity index (χ1) is 17.6. The van der Waals surface area contributed by atoms with Gasteiger partial charge in [0.05, 0.1) is 0 Å². The molecule has 2 rings (SSSR count). The molecule has 222 valence electrons. The van der Waals surface area contributed by atoms with Crippen LogP contribution in [-0.4, -0.2) is 11.6 Å².